The van der Waals surface area contributed by atoms with Crippen molar-refractivity contribution in [2.24, 2.45) is 17.8 Å². The maximum absolute atomic E-state index is 11.6. The van der Waals surface area contributed by atoms with E-state index in [0.29, 0.717) is 23.4 Å². The van der Waals surface area contributed by atoms with Gasteiger partial charge in [0.25, 0.3) is 0 Å². The highest BCUT2D eigenvalue weighted by Crippen LogP contribution is 2.39. The van der Waals surface area contributed by atoms with Gasteiger partial charge in [-0.05, 0) is 56.9 Å². The van der Waals surface area contributed by atoms with Gasteiger partial charge in [-0.15, -0.1) is 24.8 Å². The molecule has 3 rings (SSSR count). The van der Waals surface area contributed by atoms with E-state index in [0.717, 1.165) is 25.9 Å². The molecule has 0 unspecified atom stereocenters. The topological polar surface area (TPSA) is 64.0 Å². The summed E-state index contributed by atoms with van der Waals surface area (Å²) in [4.78, 5) is 27.3. The lowest BCUT2D eigenvalue weighted by Crippen LogP contribution is -2.49. The second kappa shape index (κ2) is 8.97. The molecule has 0 aromatic carbocycles. The number of Topliss-reactive ketones (excluding diaryl/α,β-unsaturated/α-hetero) is 2. The second-order valence-corrected chi connectivity index (χ2v) is 6.99. The van der Waals surface area contributed by atoms with Crippen LogP contribution < -0.4 is 5.32 Å². The van der Waals surface area contributed by atoms with Crippen molar-refractivity contribution in [3.05, 3.63) is 18.2 Å². The molecule has 4 atom stereocenters. The molecule has 2 heterocycles. The number of nitrogens with zero attached hydrogens (tertiary/aromatic N) is 2. The van der Waals surface area contributed by atoms with E-state index in [2.05, 4.69) is 10.3 Å². The molecule has 0 radical (unpaired) electrons. The Hall–Kier alpha value is -0.910. The number of carbonyl (C=O) groups is 2. The summed E-state index contributed by atoms with van der Waals surface area (Å²) in [5, 5.41) is 3.39. The van der Waals surface area contributed by atoms with Crippen LogP contribution in [0.2, 0.25) is 0 Å². The molecule has 1 saturated heterocycles. The summed E-state index contributed by atoms with van der Waals surface area (Å²) in [6.07, 6.45) is 7.97. The van der Waals surface area contributed by atoms with Crippen LogP contribution in [0.25, 0.3) is 0 Å². The van der Waals surface area contributed by atoms with Crippen molar-refractivity contribution in [1.82, 2.24) is 14.9 Å². The highest BCUT2D eigenvalue weighted by Gasteiger charge is 2.36. The summed E-state index contributed by atoms with van der Waals surface area (Å²) in [5.41, 5.74) is 0.703. The minimum Gasteiger partial charge on any atom is -0.328 e. The number of rotatable bonds is 4. The summed E-state index contributed by atoms with van der Waals surface area (Å²) < 4.78 is 2.00. The predicted molar refractivity (Wildman–Crippen MR) is 98.1 cm³/mol. The molecule has 0 spiro atoms. The van der Waals surface area contributed by atoms with Crippen molar-refractivity contribution in [3.8, 4) is 0 Å². The van der Waals surface area contributed by atoms with E-state index in [1.165, 1.54) is 12.8 Å². The number of piperidine rings is 1. The minimum absolute atomic E-state index is 0. The van der Waals surface area contributed by atoms with Crippen LogP contribution in [0.1, 0.15) is 50.0 Å². The van der Waals surface area contributed by atoms with Crippen molar-refractivity contribution in [1.29, 1.82) is 0 Å². The number of halogens is 2. The number of imidazole rings is 1. The molecule has 5 nitrogen and oxygen atoms in total. The fraction of sp³-hybridized carbons (Fsp3) is 0.706. The van der Waals surface area contributed by atoms with Gasteiger partial charge in [-0.1, -0.05) is 0 Å². The van der Waals surface area contributed by atoms with Crippen molar-refractivity contribution < 1.29 is 9.59 Å². The highest BCUT2D eigenvalue weighted by molar-refractivity contribution is 5.92. The fourth-order valence-electron chi connectivity index (χ4n) is 4.17. The van der Waals surface area contributed by atoms with Crippen LogP contribution in [0, 0.1) is 17.8 Å². The molecule has 1 aromatic rings. The molecule has 1 aliphatic heterocycles. The van der Waals surface area contributed by atoms with Gasteiger partial charge in [-0.25, -0.2) is 4.98 Å². The molecule has 1 saturated carbocycles. The molecule has 24 heavy (non-hydrogen) atoms. The number of hydrogen-bond donors (Lipinski definition) is 1. The van der Waals surface area contributed by atoms with E-state index in [-0.39, 0.29) is 42.4 Å². The van der Waals surface area contributed by atoms with Crippen molar-refractivity contribution in [2.45, 2.75) is 52.1 Å². The van der Waals surface area contributed by atoms with Crippen LogP contribution >= 0.6 is 24.8 Å². The zero-order valence-corrected chi connectivity index (χ0v) is 15.9. The molecule has 7 heteroatoms. The van der Waals surface area contributed by atoms with E-state index < -0.39 is 0 Å². The maximum atomic E-state index is 11.6. The van der Waals surface area contributed by atoms with Crippen LogP contribution in [-0.4, -0.2) is 33.7 Å². The average molecular weight is 376 g/mol. The normalized spacial score (nSPS) is 28.9. The zero-order valence-electron chi connectivity index (χ0n) is 14.2. The molecular weight excluding hydrogens is 349 g/mol. The lowest BCUT2D eigenvalue weighted by Gasteiger charge is -2.42. The Morgan fingerprint density at radius 2 is 1.96 bits per heavy atom. The van der Waals surface area contributed by atoms with Gasteiger partial charge in [0.15, 0.2) is 5.78 Å². The van der Waals surface area contributed by atoms with Crippen LogP contribution in [-0.2, 0) is 11.3 Å². The molecule has 1 aromatic heterocycles. The van der Waals surface area contributed by atoms with E-state index in [4.69, 9.17) is 0 Å². The van der Waals surface area contributed by atoms with Gasteiger partial charge in [-0.3, -0.25) is 9.59 Å². The molecule has 2 fully saturated rings. The molecule has 136 valence electrons. The Labute approximate surface area is 155 Å². The Morgan fingerprint density at radius 1 is 1.21 bits per heavy atom. The number of nitrogens with one attached hydrogen (secondary N) is 1. The number of ketones is 2. The van der Waals surface area contributed by atoms with Crippen molar-refractivity contribution in [3.63, 3.8) is 0 Å². The third-order valence-electron chi connectivity index (χ3n) is 5.43. The molecule has 2 aliphatic rings. The van der Waals surface area contributed by atoms with E-state index in [9.17, 15) is 9.59 Å². The lowest BCUT2D eigenvalue weighted by atomic mass is 9.69. The standard InChI is InChI=1S/C17H25N3O2.2ClH/c1-11(21)16-6-15-5-13(3-4-14(15)7-19-16)9-20-10-18-8-17(20)12(2)22;;/h8,10,13-16,19H,3-7,9H2,1-2H3;2*1H/t13-,14-,15+,16-;;/m0../s1. The summed E-state index contributed by atoms with van der Waals surface area (Å²) >= 11 is 0. The zero-order chi connectivity index (χ0) is 15.7. The van der Waals surface area contributed by atoms with Gasteiger partial charge in [0.05, 0.1) is 18.6 Å². The van der Waals surface area contributed by atoms with Crippen molar-refractivity contribution >= 4 is 36.4 Å². The molecular formula is C17H27Cl2N3O2. The Bertz CT molecular complexity index is 576. The predicted octanol–water partition coefficient (Wildman–Crippen LogP) is 2.91. The van der Waals surface area contributed by atoms with E-state index in [1.807, 2.05) is 4.57 Å². The summed E-state index contributed by atoms with van der Waals surface area (Å²) in [5.74, 6) is 2.26. The fourth-order valence-corrected chi connectivity index (χ4v) is 4.17. The van der Waals surface area contributed by atoms with E-state index >= 15 is 0 Å². The van der Waals surface area contributed by atoms with Gasteiger partial charge in [-0.2, -0.15) is 0 Å². The average Bonchev–Trinajstić information content (AvgIpc) is 2.94. The van der Waals surface area contributed by atoms with Gasteiger partial charge < -0.3 is 9.88 Å². The third kappa shape index (κ3) is 4.58. The number of hydrogen-bond acceptors (Lipinski definition) is 4. The monoisotopic (exact) mass is 375 g/mol. The molecule has 0 amide bonds. The SMILES string of the molecule is CC(=O)c1cncn1C[C@H]1CC[C@H]2CN[C@H](C(C)=O)C[C@H]2C1.Cl.Cl. The highest BCUT2D eigenvalue weighted by atomic mass is 35.5. The van der Waals surface area contributed by atoms with Crippen LogP contribution in [0.4, 0.5) is 0 Å². The van der Waals surface area contributed by atoms with Gasteiger partial charge >= 0.3 is 0 Å². The second-order valence-electron chi connectivity index (χ2n) is 6.99. The first-order chi connectivity index (χ1) is 10.5. The quantitative estimate of drug-likeness (QED) is 0.821. The minimum atomic E-state index is 0. The van der Waals surface area contributed by atoms with Gasteiger partial charge in [0.2, 0.25) is 0 Å². The van der Waals surface area contributed by atoms with Gasteiger partial charge in [0, 0.05) is 13.5 Å². The first-order valence-electron chi connectivity index (χ1n) is 8.29. The van der Waals surface area contributed by atoms with Crippen LogP contribution in [0.5, 0.6) is 0 Å². The smallest absolute Gasteiger partial charge is 0.177 e. The summed E-state index contributed by atoms with van der Waals surface area (Å²) in [7, 11) is 0. The first-order valence-corrected chi connectivity index (χ1v) is 8.29. The summed E-state index contributed by atoms with van der Waals surface area (Å²) in [6.45, 7) is 5.12. The Kier molecular flexibility index (Phi) is 7.90. The Morgan fingerprint density at radius 3 is 2.62 bits per heavy atom. The molecule has 1 N–H and O–H groups in total. The molecule has 0 bridgehead atoms. The first kappa shape index (κ1) is 21.1. The van der Waals surface area contributed by atoms with Gasteiger partial charge in [0.1, 0.15) is 11.5 Å². The molecule has 1 aliphatic carbocycles. The van der Waals surface area contributed by atoms with Crippen molar-refractivity contribution in [2.75, 3.05) is 6.54 Å². The number of aromatic nitrogens is 2. The lowest BCUT2D eigenvalue weighted by molar-refractivity contribution is -0.120. The third-order valence-corrected chi connectivity index (χ3v) is 5.43. The number of carbonyl (C=O) groups excluding carboxylic acids is 2. The maximum Gasteiger partial charge on any atom is 0.177 e. The largest absolute Gasteiger partial charge is 0.328 e. The number of fused-ring (bicyclic) bond motifs is 1. The Balaban J connectivity index is 0.00000144. The summed E-state index contributed by atoms with van der Waals surface area (Å²) in [6, 6.07) is 0.0426. The van der Waals surface area contributed by atoms with E-state index in [1.54, 1.807) is 26.4 Å². The van der Waals surface area contributed by atoms with Crippen LogP contribution in [0.3, 0.4) is 0 Å². The van der Waals surface area contributed by atoms with Crippen LogP contribution in [0.15, 0.2) is 12.5 Å².